The van der Waals surface area contributed by atoms with Gasteiger partial charge in [0.1, 0.15) is 0 Å². The molecule has 0 aromatic carbocycles. The van der Waals surface area contributed by atoms with Crippen molar-refractivity contribution in [3.05, 3.63) is 0 Å². The van der Waals surface area contributed by atoms with Crippen molar-refractivity contribution >= 4 is 0 Å². The lowest BCUT2D eigenvalue weighted by atomic mass is 9.94. The van der Waals surface area contributed by atoms with Gasteiger partial charge >= 0.3 is 0 Å². The minimum Gasteiger partial charge on any atom is -0.311 e. The van der Waals surface area contributed by atoms with Crippen molar-refractivity contribution in [1.29, 1.82) is 0 Å². The highest BCUT2D eigenvalue weighted by Crippen LogP contribution is 2.50. The lowest BCUT2D eigenvalue weighted by Crippen LogP contribution is -2.59. The third-order valence-corrected chi connectivity index (χ3v) is 5.05. The van der Waals surface area contributed by atoms with Crippen molar-refractivity contribution in [1.82, 2.24) is 10.2 Å². The SMILES string of the molecule is CCC1CN(C(C)C2(C)CC2)C(CC)CN1. The molecule has 1 aliphatic carbocycles. The molecule has 0 aromatic rings. The molecule has 0 amide bonds. The van der Waals surface area contributed by atoms with Crippen molar-refractivity contribution in [3.63, 3.8) is 0 Å². The van der Waals surface area contributed by atoms with E-state index in [9.17, 15) is 0 Å². The number of hydrogen-bond donors (Lipinski definition) is 1. The molecule has 16 heavy (non-hydrogen) atoms. The second-order valence-corrected chi connectivity index (χ2v) is 6.10. The molecular formula is C14H28N2. The Morgan fingerprint density at radius 1 is 1.31 bits per heavy atom. The van der Waals surface area contributed by atoms with Gasteiger partial charge in [0.25, 0.3) is 0 Å². The van der Waals surface area contributed by atoms with Crippen LogP contribution in [0, 0.1) is 5.41 Å². The van der Waals surface area contributed by atoms with E-state index in [0.717, 1.165) is 12.1 Å². The predicted octanol–water partition coefficient (Wildman–Crippen LogP) is 2.64. The number of nitrogens with zero attached hydrogens (tertiary/aromatic N) is 1. The topological polar surface area (TPSA) is 15.3 Å². The highest BCUT2D eigenvalue weighted by atomic mass is 15.3. The molecule has 1 N–H and O–H groups in total. The van der Waals surface area contributed by atoms with E-state index in [4.69, 9.17) is 0 Å². The summed E-state index contributed by atoms with van der Waals surface area (Å²) in [6, 6.07) is 2.25. The number of rotatable bonds is 4. The maximum absolute atomic E-state index is 3.68. The minimum atomic E-state index is 0.628. The molecule has 1 saturated carbocycles. The molecule has 0 spiro atoms. The third kappa shape index (κ3) is 2.28. The first-order valence-corrected chi connectivity index (χ1v) is 7.10. The highest BCUT2D eigenvalue weighted by Gasteiger charge is 2.46. The second kappa shape index (κ2) is 4.66. The molecule has 94 valence electrons. The standard InChI is InChI=1S/C14H28N2/c1-5-12-10-16(13(6-2)9-15-12)11(3)14(4)7-8-14/h11-13,15H,5-10H2,1-4H3. The average Bonchev–Trinajstić information content (AvgIpc) is 3.06. The predicted molar refractivity (Wildman–Crippen MR) is 69.7 cm³/mol. The van der Waals surface area contributed by atoms with Gasteiger partial charge in [-0.25, -0.2) is 0 Å². The van der Waals surface area contributed by atoms with E-state index in [1.165, 1.54) is 38.8 Å². The molecule has 2 heteroatoms. The van der Waals surface area contributed by atoms with Crippen molar-refractivity contribution in [3.8, 4) is 0 Å². The molecule has 0 bridgehead atoms. The Morgan fingerprint density at radius 3 is 2.50 bits per heavy atom. The minimum absolute atomic E-state index is 0.628. The summed E-state index contributed by atoms with van der Waals surface area (Å²) >= 11 is 0. The Morgan fingerprint density at radius 2 is 2.00 bits per heavy atom. The van der Waals surface area contributed by atoms with E-state index in [1.807, 2.05) is 0 Å². The summed E-state index contributed by atoms with van der Waals surface area (Å²) in [5.74, 6) is 0. The quantitative estimate of drug-likeness (QED) is 0.790. The van der Waals surface area contributed by atoms with Crippen LogP contribution in [0.5, 0.6) is 0 Å². The smallest absolute Gasteiger partial charge is 0.0221 e. The molecule has 0 aromatic heterocycles. The first kappa shape index (κ1) is 12.4. The van der Waals surface area contributed by atoms with Gasteiger partial charge in [-0.05, 0) is 38.0 Å². The van der Waals surface area contributed by atoms with Gasteiger partial charge in [-0.1, -0.05) is 20.8 Å². The molecule has 1 saturated heterocycles. The fourth-order valence-corrected chi connectivity index (χ4v) is 3.03. The fraction of sp³-hybridized carbons (Fsp3) is 1.00. The summed E-state index contributed by atoms with van der Waals surface area (Å²) in [7, 11) is 0. The van der Waals surface area contributed by atoms with Gasteiger partial charge in [-0.3, -0.25) is 4.90 Å². The molecule has 1 aliphatic heterocycles. The molecule has 2 nitrogen and oxygen atoms in total. The second-order valence-electron chi connectivity index (χ2n) is 6.10. The van der Waals surface area contributed by atoms with Gasteiger partial charge in [0, 0.05) is 31.2 Å². The fourth-order valence-electron chi connectivity index (χ4n) is 3.03. The monoisotopic (exact) mass is 224 g/mol. The van der Waals surface area contributed by atoms with E-state index in [0.29, 0.717) is 11.5 Å². The molecule has 2 aliphatic rings. The highest BCUT2D eigenvalue weighted by molar-refractivity contribution is 5.01. The van der Waals surface area contributed by atoms with Crippen LogP contribution < -0.4 is 5.32 Å². The van der Waals surface area contributed by atoms with Crippen LogP contribution in [0.1, 0.15) is 53.4 Å². The van der Waals surface area contributed by atoms with E-state index < -0.39 is 0 Å². The Hall–Kier alpha value is -0.0800. The van der Waals surface area contributed by atoms with E-state index in [1.54, 1.807) is 0 Å². The van der Waals surface area contributed by atoms with Crippen LogP contribution in [-0.2, 0) is 0 Å². The molecule has 3 atom stereocenters. The zero-order valence-electron chi connectivity index (χ0n) is 11.4. The molecule has 3 unspecified atom stereocenters. The van der Waals surface area contributed by atoms with Crippen molar-refractivity contribution in [2.75, 3.05) is 13.1 Å². The normalized spacial score (nSPS) is 36.0. The van der Waals surface area contributed by atoms with Crippen molar-refractivity contribution in [2.45, 2.75) is 71.5 Å². The molecular weight excluding hydrogens is 196 g/mol. The van der Waals surface area contributed by atoms with Crippen LogP contribution in [0.4, 0.5) is 0 Å². The first-order chi connectivity index (χ1) is 7.60. The Balaban J connectivity index is 2.02. The summed E-state index contributed by atoms with van der Waals surface area (Å²) in [5.41, 5.74) is 0.628. The zero-order valence-corrected chi connectivity index (χ0v) is 11.4. The van der Waals surface area contributed by atoms with Gasteiger partial charge in [-0.15, -0.1) is 0 Å². The van der Waals surface area contributed by atoms with E-state index in [-0.39, 0.29) is 0 Å². The molecule has 2 rings (SSSR count). The summed E-state index contributed by atoms with van der Waals surface area (Å²) in [6.45, 7) is 12.0. The Labute approximate surface area is 101 Å². The van der Waals surface area contributed by atoms with Crippen LogP contribution in [0.15, 0.2) is 0 Å². The van der Waals surface area contributed by atoms with Crippen LogP contribution in [0.3, 0.4) is 0 Å². The lowest BCUT2D eigenvalue weighted by molar-refractivity contribution is 0.0536. The summed E-state index contributed by atoms with van der Waals surface area (Å²) in [5, 5.41) is 3.68. The van der Waals surface area contributed by atoms with Crippen LogP contribution >= 0.6 is 0 Å². The average molecular weight is 224 g/mol. The maximum Gasteiger partial charge on any atom is 0.0221 e. The summed E-state index contributed by atoms with van der Waals surface area (Å²) < 4.78 is 0. The van der Waals surface area contributed by atoms with Gasteiger partial charge in [0.05, 0.1) is 0 Å². The third-order valence-electron chi connectivity index (χ3n) is 5.05. The number of hydrogen-bond acceptors (Lipinski definition) is 2. The maximum atomic E-state index is 3.68. The van der Waals surface area contributed by atoms with Gasteiger partial charge in [0.2, 0.25) is 0 Å². The molecule has 1 heterocycles. The van der Waals surface area contributed by atoms with Crippen molar-refractivity contribution < 1.29 is 0 Å². The number of piperazine rings is 1. The van der Waals surface area contributed by atoms with Crippen LogP contribution in [-0.4, -0.2) is 36.1 Å². The molecule has 2 fully saturated rings. The lowest BCUT2D eigenvalue weighted by Gasteiger charge is -2.45. The zero-order chi connectivity index (χ0) is 11.8. The van der Waals surface area contributed by atoms with Crippen LogP contribution in [0.25, 0.3) is 0 Å². The first-order valence-electron chi connectivity index (χ1n) is 7.10. The van der Waals surface area contributed by atoms with Gasteiger partial charge < -0.3 is 5.32 Å². The number of nitrogens with one attached hydrogen (secondary N) is 1. The summed E-state index contributed by atoms with van der Waals surface area (Å²) in [4.78, 5) is 2.79. The van der Waals surface area contributed by atoms with Gasteiger partial charge in [0.15, 0.2) is 0 Å². The van der Waals surface area contributed by atoms with E-state index in [2.05, 4.69) is 37.9 Å². The Kier molecular flexibility index (Phi) is 3.60. The van der Waals surface area contributed by atoms with Gasteiger partial charge in [-0.2, -0.15) is 0 Å². The summed E-state index contributed by atoms with van der Waals surface area (Å²) in [6.07, 6.45) is 5.41. The van der Waals surface area contributed by atoms with E-state index >= 15 is 0 Å². The van der Waals surface area contributed by atoms with Crippen LogP contribution in [0.2, 0.25) is 0 Å². The van der Waals surface area contributed by atoms with Crippen molar-refractivity contribution in [2.24, 2.45) is 5.41 Å². The molecule has 0 radical (unpaired) electrons. The Bertz CT molecular complexity index is 235. The largest absolute Gasteiger partial charge is 0.311 e.